The van der Waals surface area contributed by atoms with Gasteiger partial charge in [-0.3, -0.25) is 10.1 Å². The fourth-order valence-electron chi connectivity index (χ4n) is 1.70. The lowest BCUT2D eigenvalue weighted by Crippen LogP contribution is -2.17. The summed E-state index contributed by atoms with van der Waals surface area (Å²) in [6.45, 7) is 5.65. The average molecular weight is 274 g/mol. The molecule has 0 saturated carbocycles. The van der Waals surface area contributed by atoms with Gasteiger partial charge in [0.15, 0.2) is 0 Å². The van der Waals surface area contributed by atoms with Crippen molar-refractivity contribution in [2.45, 2.75) is 26.9 Å². The summed E-state index contributed by atoms with van der Waals surface area (Å²) in [6.07, 6.45) is 0.000947. The predicted molar refractivity (Wildman–Crippen MR) is 75.9 cm³/mol. The first kappa shape index (κ1) is 14.0. The van der Waals surface area contributed by atoms with Crippen molar-refractivity contribution in [3.8, 4) is 5.75 Å². The number of aryl methyl sites for hydroxylation is 1. The molecule has 1 heterocycles. The van der Waals surface area contributed by atoms with Crippen LogP contribution in [-0.4, -0.2) is 26.8 Å². The van der Waals surface area contributed by atoms with Gasteiger partial charge in [-0.1, -0.05) is 12.1 Å². The molecular weight excluding hydrogens is 256 g/mol. The number of carbonyl (C=O) groups excluding carboxylic acids is 1. The predicted octanol–water partition coefficient (Wildman–Crippen LogP) is 2.16. The van der Waals surface area contributed by atoms with Gasteiger partial charge in [0.25, 0.3) is 5.91 Å². The summed E-state index contributed by atoms with van der Waals surface area (Å²) in [6, 6.07) is 7.12. The third-order valence-corrected chi connectivity index (χ3v) is 2.81. The van der Waals surface area contributed by atoms with Crippen LogP contribution in [0.2, 0.25) is 0 Å². The molecule has 6 nitrogen and oxygen atoms in total. The van der Waals surface area contributed by atoms with E-state index in [-0.39, 0.29) is 12.0 Å². The van der Waals surface area contributed by atoms with E-state index in [1.165, 1.54) is 0 Å². The lowest BCUT2D eigenvalue weighted by atomic mass is 10.2. The Morgan fingerprint density at radius 2 is 2.00 bits per heavy atom. The van der Waals surface area contributed by atoms with E-state index < -0.39 is 0 Å². The van der Waals surface area contributed by atoms with Gasteiger partial charge >= 0.3 is 0 Å². The Labute approximate surface area is 117 Å². The molecule has 2 rings (SSSR count). The van der Waals surface area contributed by atoms with Gasteiger partial charge in [-0.25, -0.2) is 0 Å². The summed E-state index contributed by atoms with van der Waals surface area (Å²) in [4.78, 5) is 12.3. The van der Waals surface area contributed by atoms with E-state index in [0.29, 0.717) is 17.3 Å². The highest BCUT2D eigenvalue weighted by Gasteiger charge is 2.15. The van der Waals surface area contributed by atoms with Gasteiger partial charge < -0.3 is 9.30 Å². The van der Waals surface area contributed by atoms with Crippen LogP contribution in [0.15, 0.2) is 24.3 Å². The molecule has 1 aromatic heterocycles. The molecule has 6 heteroatoms. The Balaban J connectivity index is 2.23. The van der Waals surface area contributed by atoms with E-state index in [1.54, 1.807) is 29.8 Å². The molecule has 0 radical (unpaired) electrons. The second-order valence-corrected chi connectivity index (χ2v) is 4.75. The highest BCUT2D eigenvalue weighted by Crippen LogP contribution is 2.20. The average Bonchev–Trinajstić information content (AvgIpc) is 2.70. The zero-order valence-electron chi connectivity index (χ0n) is 12.0. The van der Waals surface area contributed by atoms with Crippen molar-refractivity contribution in [1.29, 1.82) is 0 Å². The quantitative estimate of drug-likeness (QED) is 0.927. The monoisotopic (exact) mass is 274 g/mol. The summed E-state index contributed by atoms with van der Waals surface area (Å²) in [7, 11) is 1.79. The normalized spacial score (nSPS) is 10.7. The largest absolute Gasteiger partial charge is 0.490 e. The molecule has 0 spiro atoms. The Morgan fingerprint density at radius 3 is 2.60 bits per heavy atom. The number of rotatable bonds is 4. The van der Waals surface area contributed by atoms with E-state index in [2.05, 4.69) is 15.5 Å². The maximum atomic E-state index is 12.3. The number of hydrogen-bond donors (Lipinski definition) is 1. The second kappa shape index (κ2) is 5.73. The van der Waals surface area contributed by atoms with Crippen molar-refractivity contribution < 1.29 is 9.53 Å². The highest BCUT2D eigenvalue weighted by atomic mass is 16.5. The molecule has 1 aromatic carbocycles. The molecule has 1 amide bonds. The molecule has 0 aliphatic rings. The molecule has 20 heavy (non-hydrogen) atoms. The number of anilines is 1. The molecule has 0 saturated heterocycles. The van der Waals surface area contributed by atoms with E-state index in [9.17, 15) is 4.79 Å². The van der Waals surface area contributed by atoms with Crippen molar-refractivity contribution in [1.82, 2.24) is 14.8 Å². The molecule has 0 aliphatic heterocycles. The highest BCUT2D eigenvalue weighted by molar-refractivity contribution is 6.05. The smallest absolute Gasteiger partial charge is 0.261 e. The van der Waals surface area contributed by atoms with Crippen LogP contribution in [0.3, 0.4) is 0 Å². The zero-order chi connectivity index (χ0) is 14.7. The van der Waals surface area contributed by atoms with Crippen LogP contribution in [0, 0.1) is 6.92 Å². The number of hydrogen-bond acceptors (Lipinski definition) is 4. The number of carbonyl (C=O) groups is 1. The minimum Gasteiger partial charge on any atom is -0.490 e. The molecule has 2 aromatic rings. The van der Waals surface area contributed by atoms with Crippen LogP contribution in [0.1, 0.15) is 30.0 Å². The molecule has 1 N–H and O–H groups in total. The van der Waals surface area contributed by atoms with Crippen LogP contribution in [0.25, 0.3) is 0 Å². The van der Waals surface area contributed by atoms with Crippen molar-refractivity contribution >= 4 is 11.9 Å². The first-order valence-corrected chi connectivity index (χ1v) is 6.42. The van der Waals surface area contributed by atoms with Crippen molar-refractivity contribution in [2.75, 3.05) is 5.32 Å². The maximum absolute atomic E-state index is 12.3. The van der Waals surface area contributed by atoms with Gasteiger partial charge in [0.05, 0.1) is 11.7 Å². The third kappa shape index (κ3) is 2.96. The SMILES string of the molecule is Cc1nnc(NC(=O)c2ccccc2OC(C)C)n1C. The van der Waals surface area contributed by atoms with Gasteiger partial charge in [-0.05, 0) is 32.9 Å². The fourth-order valence-corrected chi connectivity index (χ4v) is 1.70. The van der Waals surface area contributed by atoms with E-state index in [1.807, 2.05) is 26.8 Å². The first-order chi connectivity index (χ1) is 9.49. The van der Waals surface area contributed by atoms with Crippen molar-refractivity contribution in [2.24, 2.45) is 7.05 Å². The van der Waals surface area contributed by atoms with Crippen LogP contribution in [-0.2, 0) is 7.05 Å². The number of benzene rings is 1. The van der Waals surface area contributed by atoms with Crippen molar-refractivity contribution in [3.05, 3.63) is 35.7 Å². The summed E-state index contributed by atoms with van der Waals surface area (Å²) >= 11 is 0. The van der Waals surface area contributed by atoms with E-state index >= 15 is 0 Å². The van der Waals surface area contributed by atoms with Gasteiger partial charge in [0.1, 0.15) is 11.6 Å². The van der Waals surface area contributed by atoms with Gasteiger partial charge in [-0.15, -0.1) is 10.2 Å². The van der Waals surface area contributed by atoms with Crippen LogP contribution in [0.4, 0.5) is 5.95 Å². The Morgan fingerprint density at radius 1 is 1.30 bits per heavy atom. The Hall–Kier alpha value is -2.37. The molecule has 0 aliphatic carbocycles. The molecule has 0 fully saturated rings. The van der Waals surface area contributed by atoms with E-state index in [0.717, 1.165) is 5.82 Å². The molecule has 106 valence electrons. The molecular formula is C14H18N4O2. The Kier molecular flexibility index (Phi) is 4.02. The summed E-state index contributed by atoms with van der Waals surface area (Å²) in [5.74, 6) is 1.43. The first-order valence-electron chi connectivity index (χ1n) is 6.42. The molecule has 0 unspecified atom stereocenters. The van der Waals surface area contributed by atoms with Gasteiger partial charge in [0, 0.05) is 7.05 Å². The van der Waals surface area contributed by atoms with E-state index in [4.69, 9.17) is 4.74 Å². The maximum Gasteiger partial charge on any atom is 0.261 e. The fraction of sp³-hybridized carbons (Fsp3) is 0.357. The number of aromatic nitrogens is 3. The standard InChI is InChI=1S/C14H18N4O2/c1-9(2)20-12-8-6-5-7-11(12)13(19)15-14-17-16-10(3)18(14)4/h5-9H,1-4H3,(H,15,17,19). The number of para-hydroxylation sites is 1. The van der Waals surface area contributed by atoms with Gasteiger partial charge in [0.2, 0.25) is 5.95 Å². The second-order valence-electron chi connectivity index (χ2n) is 4.75. The summed E-state index contributed by atoms with van der Waals surface area (Å²) < 4.78 is 7.35. The number of nitrogens with zero attached hydrogens (tertiary/aromatic N) is 3. The number of amides is 1. The van der Waals surface area contributed by atoms with Crippen LogP contribution in [0.5, 0.6) is 5.75 Å². The number of nitrogens with one attached hydrogen (secondary N) is 1. The minimum atomic E-state index is -0.267. The van der Waals surface area contributed by atoms with Gasteiger partial charge in [-0.2, -0.15) is 0 Å². The Bertz CT molecular complexity index is 619. The van der Waals surface area contributed by atoms with Crippen LogP contribution < -0.4 is 10.1 Å². The molecule has 0 atom stereocenters. The zero-order valence-corrected chi connectivity index (χ0v) is 12.0. The van der Waals surface area contributed by atoms with Crippen molar-refractivity contribution in [3.63, 3.8) is 0 Å². The topological polar surface area (TPSA) is 69.0 Å². The van der Waals surface area contributed by atoms with Crippen LogP contribution >= 0.6 is 0 Å². The summed E-state index contributed by atoms with van der Waals surface area (Å²) in [5, 5.41) is 10.5. The lowest BCUT2D eigenvalue weighted by molar-refractivity contribution is 0.102. The lowest BCUT2D eigenvalue weighted by Gasteiger charge is -2.13. The molecule has 0 bridgehead atoms. The minimum absolute atomic E-state index is 0.000947. The summed E-state index contributed by atoms with van der Waals surface area (Å²) in [5.41, 5.74) is 0.474. The third-order valence-electron chi connectivity index (χ3n) is 2.81. The number of ether oxygens (including phenoxy) is 1.